The maximum Gasteiger partial charge on any atom is 0.254 e. The molecule has 0 saturated carbocycles. The molecule has 2 amide bonds. The monoisotopic (exact) mass is 394 g/mol. The van der Waals surface area contributed by atoms with Crippen molar-refractivity contribution in [2.24, 2.45) is 0 Å². The molecular formula is C18H20Cl2N4O2. The first-order chi connectivity index (χ1) is 12.5. The minimum absolute atomic E-state index is 0.111. The number of carbonyl (C=O) groups excluding carboxylic acids is 2. The molecule has 0 radical (unpaired) electrons. The van der Waals surface area contributed by atoms with Gasteiger partial charge in [-0.15, -0.1) is 0 Å². The van der Waals surface area contributed by atoms with Crippen molar-refractivity contribution in [3.63, 3.8) is 0 Å². The van der Waals surface area contributed by atoms with Gasteiger partial charge in [0.1, 0.15) is 0 Å². The summed E-state index contributed by atoms with van der Waals surface area (Å²) in [5.74, 6) is 0.00948. The van der Waals surface area contributed by atoms with Crippen molar-refractivity contribution in [1.82, 2.24) is 19.6 Å². The molecule has 8 heteroatoms. The second-order valence-corrected chi connectivity index (χ2v) is 7.08. The van der Waals surface area contributed by atoms with E-state index in [-0.39, 0.29) is 11.8 Å². The molecule has 1 aliphatic rings. The lowest BCUT2D eigenvalue weighted by molar-refractivity contribution is -0.132. The van der Waals surface area contributed by atoms with Crippen molar-refractivity contribution < 1.29 is 9.59 Å². The van der Waals surface area contributed by atoms with Crippen molar-refractivity contribution >= 4 is 35.0 Å². The third-order valence-electron chi connectivity index (χ3n) is 4.37. The summed E-state index contributed by atoms with van der Waals surface area (Å²) in [7, 11) is 0. The van der Waals surface area contributed by atoms with Gasteiger partial charge in [0.15, 0.2) is 0 Å². The van der Waals surface area contributed by atoms with Crippen LogP contribution in [0.3, 0.4) is 0 Å². The van der Waals surface area contributed by atoms with Crippen LogP contribution in [-0.2, 0) is 11.3 Å². The van der Waals surface area contributed by atoms with E-state index in [1.807, 2.05) is 21.8 Å². The van der Waals surface area contributed by atoms with Crippen molar-refractivity contribution in [3.05, 3.63) is 52.3 Å². The fraction of sp³-hybridized carbons (Fsp3) is 0.389. The molecule has 3 rings (SSSR count). The van der Waals surface area contributed by atoms with Gasteiger partial charge in [0, 0.05) is 67.1 Å². The largest absolute Gasteiger partial charge is 0.339 e. The van der Waals surface area contributed by atoms with E-state index in [0.29, 0.717) is 48.2 Å². The molecule has 0 unspecified atom stereocenters. The topological polar surface area (TPSA) is 58.4 Å². The third-order valence-corrected chi connectivity index (χ3v) is 4.80. The van der Waals surface area contributed by atoms with E-state index in [1.54, 1.807) is 29.3 Å². The van der Waals surface area contributed by atoms with Gasteiger partial charge in [-0.1, -0.05) is 23.2 Å². The molecule has 1 saturated heterocycles. The summed E-state index contributed by atoms with van der Waals surface area (Å²) in [6.45, 7) is 2.83. The second kappa shape index (κ2) is 8.56. The number of carbonyl (C=O) groups is 2. The molecule has 0 N–H and O–H groups in total. The van der Waals surface area contributed by atoms with Crippen molar-refractivity contribution in [3.8, 4) is 0 Å². The lowest BCUT2D eigenvalue weighted by atomic mass is 10.1. The van der Waals surface area contributed by atoms with Gasteiger partial charge in [-0.05, 0) is 30.7 Å². The van der Waals surface area contributed by atoms with E-state index in [1.165, 1.54) is 0 Å². The van der Waals surface area contributed by atoms with Gasteiger partial charge in [-0.2, -0.15) is 5.10 Å². The Morgan fingerprint density at radius 2 is 1.65 bits per heavy atom. The minimum atomic E-state index is -0.111. The first-order valence-corrected chi connectivity index (χ1v) is 9.29. The zero-order chi connectivity index (χ0) is 18.5. The van der Waals surface area contributed by atoms with Crippen LogP contribution in [0.1, 0.15) is 23.2 Å². The number of nitrogens with zero attached hydrogens (tertiary/aromatic N) is 4. The van der Waals surface area contributed by atoms with Crippen LogP contribution in [-0.4, -0.2) is 57.6 Å². The number of aryl methyl sites for hydroxylation is 1. The highest BCUT2D eigenvalue weighted by Gasteiger charge is 2.25. The lowest BCUT2D eigenvalue weighted by Crippen LogP contribution is -2.50. The number of hydrogen-bond acceptors (Lipinski definition) is 3. The van der Waals surface area contributed by atoms with E-state index < -0.39 is 0 Å². The number of halogens is 2. The summed E-state index contributed by atoms with van der Waals surface area (Å²) >= 11 is 11.9. The van der Waals surface area contributed by atoms with Gasteiger partial charge in [0.25, 0.3) is 5.91 Å². The third kappa shape index (κ3) is 4.77. The average molecular weight is 395 g/mol. The van der Waals surface area contributed by atoms with Crippen LogP contribution < -0.4 is 0 Å². The van der Waals surface area contributed by atoms with Gasteiger partial charge in [0.05, 0.1) is 0 Å². The number of benzene rings is 1. The zero-order valence-electron chi connectivity index (χ0n) is 14.3. The smallest absolute Gasteiger partial charge is 0.254 e. The molecule has 1 aromatic carbocycles. The molecular weight excluding hydrogens is 375 g/mol. The minimum Gasteiger partial charge on any atom is -0.339 e. The van der Waals surface area contributed by atoms with Gasteiger partial charge >= 0.3 is 0 Å². The Morgan fingerprint density at radius 1 is 1.00 bits per heavy atom. The fourth-order valence-electron chi connectivity index (χ4n) is 3.00. The maximum absolute atomic E-state index is 12.6. The SMILES string of the molecule is O=C(CCCn1cccn1)N1CCN(C(=O)c2cc(Cl)cc(Cl)c2)CC1. The van der Waals surface area contributed by atoms with Crippen molar-refractivity contribution in [2.45, 2.75) is 19.4 Å². The first kappa shape index (κ1) is 18.7. The normalized spacial score (nSPS) is 14.5. The molecule has 0 spiro atoms. The lowest BCUT2D eigenvalue weighted by Gasteiger charge is -2.35. The molecule has 6 nitrogen and oxygen atoms in total. The van der Waals surface area contributed by atoms with Crippen LogP contribution in [0.2, 0.25) is 10.0 Å². The first-order valence-electron chi connectivity index (χ1n) is 8.53. The standard InChI is InChI=1S/C18H20Cl2N4O2/c19-15-11-14(12-16(20)13-15)18(26)23-9-7-22(8-10-23)17(25)3-1-5-24-6-2-4-21-24/h2,4,6,11-13H,1,3,5,7-10H2. The van der Waals surface area contributed by atoms with Crippen LogP contribution in [0, 0.1) is 0 Å². The maximum atomic E-state index is 12.6. The van der Waals surface area contributed by atoms with Crippen LogP contribution in [0.15, 0.2) is 36.7 Å². The Labute approximate surface area is 162 Å². The van der Waals surface area contributed by atoms with Gasteiger partial charge in [-0.3, -0.25) is 14.3 Å². The molecule has 0 atom stereocenters. The van der Waals surface area contributed by atoms with Crippen LogP contribution in [0.25, 0.3) is 0 Å². The number of rotatable bonds is 5. The van der Waals surface area contributed by atoms with Crippen LogP contribution in [0.4, 0.5) is 0 Å². The Balaban J connectivity index is 1.47. The van der Waals surface area contributed by atoms with Gasteiger partial charge < -0.3 is 9.80 Å². The van der Waals surface area contributed by atoms with E-state index in [4.69, 9.17) is 23.2 Å². The summed E-state index contributed by atoms with van der Waals surface area (Å²) in [4.78, 5) is 28.4. The molecule has 1 fully saturated rings. The summed E-state index contributed by atoms with van der Waals surface area (Å²) in [5, 5.41) is 5.00. The zero-order valence-corrected chi connectivity index (χ0v) is 15.8. The molecule has 1 aromatic heterocycles. The molecule has 0 aliphatic carbocycles. The Kier molecular flexibility index (Phi) is 6.16. The highest BCUT2D eigenvalue weighted by atomic mass is 35.5. The van der Waals surface area contributed by atoms with Gasteiger partial charge in [0.2, 0.25) is 5.91 Å². The Hall–Kier alpha value is -2.05. The summed E-state index contributed by atoms with van der Waals surface area (Å²) in [6.07, 6.45) is 4.85. The highest BCUT2D eigenvalue weighted by molar-refractivity contribution is 6.35. The van der Waals surface area contributed by atoms with Crippen molar-refractivity contribution in [1.29, 1.82) is 0 Å². The van der Waals surface area contributed by atoms with E-state index >= 15 is 0 Å². The molecule has 2 aromatic rings. The Morgan fingerprint density at radius 3 is 2.27 bits per heavy atom. The van der Waals surface area contributed by atoms with Crippen molar-refractivity contribution in [2.75, 3.05) is 26.2 Å². The molecule has 2 heterocycles. The number of piperazine rings is 1. The van der Waals surface area contributed by atoms with Crippen LogP contribution >= 0.6 is 23.2 Å². The van der Waals surface area contributed by atoms with E-state index in [2.05, 4.69) is 5.10 Å². The number of aromatic nitrogens is 2. The fourth-order valence-corrected chi connectivity index (χ4v) is 3.53. The highest BCUT2D eigenvalue weighted by Crippen LogP contribution is 2.20. The molecule has 26 heavy (non-hydrogen) atoms. The quantitative estimate of drug-likeness (QED) is 0.782. The van der Waals surface area contributed by atoms with Gasteiger partial charge in [-0.25, -0.2) is 0 Å². The second-order valence-electron chi connectivity index (χ2n) is 6.20. The molecule has 1 aliphatic heterocycles. The predicted molar refractivity (Wildman–Crippen MR) is 100 cm³/mol. The van der Waals surface area contributed by atoms with Crippen LogP contribution in [0.5, 0.6) is 0 Å². The molecule has 138 valence electrons. The van der Waals surface area contributed by atoms with E-state index in [0.717, 1.165) is 13.0 Å². The number of hydrogen-bond donors (Lipinski definition) is 0. The number of amides is 2. The Bertz CT molecular complexity index is 751. The summed E-state index contributed by atoms with van der Waals surface area (Å²) in [6, 6.07) is 6.69. The summed E-state index contributed by atoms with van der Waals surface area (Å²) in [5.41, 5.74) is 0.474. The molecule has 0 bridgehead atoms. The summed E-state index contributed by atoms with van der Waals surface area (Å²) < 4.78 is 1.82. The predicted octanol–water partition coefficient (Wildman–Crippen LogP) is 2.95. The average Bonchev–Trinajstić information content (AvgIpc) is 3.14. The van der Waals surface area contributed by atoms with E-state index in [9.17, 15) is 9.59 Å².